The third kappa shape index (κ3) is 7.62. The van der Waals surface area contributed by atoms with Crippen LogP contribution >= 0.6 is 0 Å². The van der Waals surface area contributed by atoms with Crippen molar-refractivity contribution in [1.82, 2.24) is 19.8 Å². The first-order chi connectivity index (χ1) is 21.4. The summed E-state index contributed by atoms with van der Waals surface area (Å²) in [4.78, 5) is 27.1. The van der Waals surface area contributed by atoms with Crippen LogP contribution in [-0.4, -0.2) is 102 Å². The summed E-state index contributed by atoms with van der Waals surface area (Å²) in [6.45, 7) is 18.3. The lowest BCUT2D eigenvalue weighted by Gasteiger charge is -2.40. The Hall–Kier alpha value is -3.20. The molecule has 0 aliphatic carbocycles. The van der Waals surface area contributed by atoms with Gasteiger partial charge in [0, 0.05) is 39.1 Å². The molecule has 1 amide bonds. The van der Waals surface area contributed by atoms with Crippen LogP contribution in [-0.2, 0) is 6.42 Å². The van der Waals surface area contributed by atoms with Crippen LogP contribution in [0.4, 0.5) is 11.6 Å². The summed E-state index contributed by atoms with van der Waals surface area (Å²) in [7, 11) is 2.30. The predicted molar refractivity (Wildman–Crippen MR) is 187 cm³/mol. The third-order valence-corrected chi connectivity index (χ3v) is 17.1. The van der Waals surface area contributed by atoms with Gasteiger partial charge in [0.2, 0.25) is 17.7 Å². The molecule has 5 rings (SSSR count). The van der Waals surface area contributed by atoms with Crippen LogP contribution in [0.3, 0.4) is 0 Å². The molecular weight excluding hydrogens is 601 g/mol. The van der Waals surface area contributed by atoms with Crippen molar-refractivity contribution in [3.05, 3.63) is 46.9 Å². The predicted octanol–water partition coefficient (Wildman–Crippen LogP) is 4.13. The molecule has 0 atom stereocenters. The first kappa shape index (κ1) is 33.2. The van der Waals surface area contributed by atoms with Gasteiger partial charge in [-0.1, -0.05) is 60.8 Å². The molecule has 45 heavy (non-hydrogen) atoms. The fraction of sp³-hybridized carbons (Fsp3) is 0.545. The van der Waals surface area contributed by atoms with E-state index in [9.17, 15) is 4.79 Å². The highest BCUT2D eigenvalue weighted by atomic mass is 28.3. The summed E-state index contributed by atoms with van der Waals surface area (Å²) >= 11 is 0. The molecule has 244 valence electrons. The van der Waals surface area contributed by atoms with E-state index in [1.165, 1.54) is 37.4 Å². The standard InChI is InChI=1S/C33H50N6O4Si2/c1-23-20-27-28(45(7,8)19-18-44(27,5)6)22-24(23)21-25-10-11-26(43-25)30(40)35-29-31(41-3)36-33(37-32(29)42-4)34-12-9-13-39-16-14-38(2)15-17-39/h10-11,20,22H,9,12-19,21H2,1-8H3,(H,35,40)(H,34,36,37). The van der Waals surface area contributed by atoms with Gasteiger partial charge in [0.1, 0.15) is 5.76 Å². The maximum Gasteiger partial charge on any atom is 0.291 e. The van der Waals surface area contributed by atoms with Gasteiger partial charge in [0.25, 0.3) is 5.91 Å². The summed E-state index contributed by atoms with van der Waals surface area (Å²) in [5.74, 6) is 1.36. The van der Waals surface area contributed by atoms with E-state index in [4.69, 9.17) is 13.9 Å². The number of benzene rings is 1. The fourth-order valence-corrected chi connectivity index (χ4v) is 16.7. The number of methoxy groups -OCH3 is 2. The Bertz CT molecular complexity index is 1490. The molecule has 0 spiro atoms. The number of aromatic nitrogens is 2. The van der Waals surface area contributed by atoms with Gasteiger partial charge < -0.3 is 34.3 Å². The fourth-order valence-electron chi connectivity index (χ4n) is 6.39. The maximum absolute atomic E-state index is 13.3. The number of ether oxygens (including phenoxy) is 2. The average molecular weight is 651 g/mol. The van der Waals surface area contributed by atoms with Crippen molar-refractivity contribution in [2.75, 3.05) is 71.2 Å². The number of aryl methyl sites for hydroxylation is 1. The third-order valence-electron chi connectivity index (χ3n) is 9.56. The van der Waals surface area contributed by atoms with Crippen LogP contribution in [0.15, 0.2) is 28.7 Å². The van der Waals surface area contributed by atoms with E-state index >= 15 is 0 Å². The van der Waals surface area contributed by atoms with E-state index in [-0.39, 0.29) is 23.2 Å². The Morgan fingerprint density at radius 1 is 0.956 bits per heavy atom. The van der Waals surface area contributed by atoms with Crippen LogP contribution in [0, 0.1) is 6.92 Å². The summed E-state index contributed by atoms with van der Waals surface area (Å²) < 4.78 is 17.1. The van der Waals surface area contributed by atoms with E-state index < -0.39 is 22.1 Å². The van der Waals surface area contributed by atoms with Gasteiger partial charge in [-0.15, -0.1) is 0 Å². The minimum atomic E-state index is -1.47. The van der Waals surface area contributed by atoms with Crippen LogP contribution < -0.4 is 30.5 Å². The summed E-state index contributed by atoms with van der Waals surface area (Å²) in [5, 5.41) is 9.38. The molecule has 2 N–H and O–H groups in total. The van der Waals surface area contributed by atoms with Crippen molar-refractivity contribution in [3.63, 3.8) is 0 Å². The number of hydrogen-bond donors (Lipinski definition) is 2. The van der Waals surface area contributed by atoms with E-state index in [0.717, 1.165) is 44.9 Å². The van der Waals surface area contributed by atoms with Crippen LogP contribution in [0.25, 0.3) is 0 Å². The molecule has 4 heterocycles. The number of rotatable bonds is 11. The van der Waals surface area contributed by atoms with Crippen molar-refractivity contribution >= 4 is 44.1 Å². The molecule has 10 nitrogen and oxygen atoms in total. The van der Waals surface area contributed by atoms with E-state index in [2.05, 4.69) is 82.7 Å². The van der Waals surface area contributed by atoms with E-state index in [1.807, 2.05) is 6.07 Å². The van der Waals surface area contributed by atoms with Crippen LogP contribution in [0.1, 0.15) is 33.9 Å². The molecule has 3 aromatic rings. The van der Waals surface area contributed by atoms with Gasteiger partial charge in [-0.05, 0) is 50.2 Å². The number of anilines is 2. The number of furan rings is 1. The molecule has 0 radical (unpaired) electrons. The topological polar surface area (TPSA) is 105 Å². The number of hydrogen-bond acceptors (Lipinski definition) is 9. The second-order valence-electron chi connectivity index (χ2n) is 13.9. The number of piperazine rings is 1. The van der Waals surface area contributed by atoms with Crippen LogP contribution in [0.2, 0.25) is 38.3 Å². The molecule has 1 fully saturated rings. The highest BCUT2D eigenvalue weighted by Crippen LogP contribution is 2.33. The lowest BCUT2D eigenvalue weighted by Crippen LogP contribution is -2.63. The summed E-state index contributed by atoms with van der Waals surface area (Å²) in [5.41, 5.74) is 2.82. The number of likely N-dealkylation sites (N-methyl/N-ethyl adjacent to an activating group) is 1. The Morgan fingerprint density at radius 2 is 1.58 bits per heavy atom. The summed E-state index contributed by atoms with van der Waals surface area (Å²) in [6, 6.07) is 11.2. The van der Waals surface area contributed by atoms with Crippen molar-refractivity contribution in [2.24, 2.45) is 0 Å². The number of carbonyl (C=O) groups excluding carboxylic acids is 1. The van der Waals surface area contributed by atoms with Crippen molar-refractivity contribution < 1.29 is 18.7 Å². The Labute approximate surface area is 269 Å². The van der Waals surface area contributed by atoms with Crippen molar-refractivity contribution in [1.29, 1.82) is 0 Å². The van der Waals surface area contributed by atoms with Crippen molar-refractivity contribution in [3.8, 4) is 11.8 Å². The average Bonchev–Trinajstić information content (AvgIpc) is 3.48. The lowest BCUT2D eigenvalue weighted by atomic mass is 10.0. The Morgan fingerprint density at radius 3 is 2.20 bits per heavy atom. The van der Waals surface area contributed by atoms with E-state index in [0.29, 0.717) is 18.9 Å². The molecular formula is C33H50N6O4Si2. The highest BCUT2D eigenvalue weighted by Gasteiger charge is 2.39. The molecule has 0 unspecified atom stereocenters. The zero-order valence-electron chi connectivity index (χ0n) is 28.3. The molecule has 0 bridgehead atoms. The van der Waals surface area contributed by atoms with Crippen LogP contribution in [0.5, 0.6) is 11.8 Å². The second-order valence-corrected chi connectivity index (χ2v) is 23.5. The quantitative estimate of drug-likeness (QED) is 0.234. The zero-order valence-corrected chi connectivity index (χ0v) is 30.3. The minimum Gasteiger partial charge on any atom is -0.479 e. The number of amides is 1. The molecule has 1 aromatic carbocycles. The van der Waals surface area contributed by atoms with Gasteiger partial charge in [-0.3, -0.25) is 4.79 Å². The van der Waals surface area contributed by atoms with Gasteiger partial charge >= 0.3 is 0 Å². The smallest absolute Gasteiger partial charge is 0.291 e. The van der Waals surface area contributed by atoms with Gasteiger partial charge in [-0.25, -0.2) is 0 Å². The molecule has 2 aromatic heterocycles. The second kappa shape index (κ2) is 13.7. The lowest BCUT2D eigenvalue weighted by molar-refractivity contribution is 0.0994. The molecule has 2 aliphatic rings. The van der Waals surface area contributed by atoms with Gasteiger partial charge in [0.05, 0.1) is 30.4 Å². The molecule has 2 aliphatic heterocycles. The van der Waals surface area contributed by atoms with Crippen molar-refractivity contribution in [2.45, 2.75) is 58.0 Å². The highest BCUT2D eigenvalue weighted by molar-refractivity contribution is 7.03. The number of nitrogens with one attached hydrogen (secondary N) is 2. The summed E-state index contributed by atoms with van der Waals surface area (Å²) in [6.07, 6.45) is 1.60. The minimum absolute atomic E-state index is 0.207. The maximum atomic E-state index is 13.3. The molecule has 12 heteroatoms. The molecule has 0 saturated carbocycles. The number of carbonyl (C=O) groups is 1. The number of nitrogens with zero attached hydrogens (tertiary/aromatic N) is 4. The Balaban J connectivity index is 1.24. The van der Waals surface area contributed by atoms with Gasteiger partial charge in [-0.2, -0.15) is 9.97 Å². The zero-order chi connectivity index (χ0) is 32.4. The normalized spacial score (nSPS) is 17.9. The monoisotopic (exact) mass is 650 g/mol. The first-order valence-electron chi connectivity index (χ1n) is 16.1. The largest absolute Gasteiger partial charge is 0.479 e. The molecule has 1 saturated heterocycles. The van der Waals surface area contributed by atoms with Gasteiger partial charge in [0.15, 0.2) is 11.4 Å². The SMILES string of the molecule is COc1nc(NCCCN2CCN(C)CC2)nc(OC)c1NC(=O)c1ccc(Cc2cc3c(cc2C)[Si](C)(C)CC[Si]3(C)C)o1. The first-order valence-corrected chi connectivity index (χ1v) is 22.5. The Kier molecular flexibility index (Phi) is 10.1. The number of fused-ring (bicyclic) bond motifs is 1. The van der Waals surface area contributed by atoms with E-state index in [1.54, 1.807) is 16.4 Å².